The Kier molecular flexibility index (Phi) is 17.5. The summed E-state index contributed by atoms with van der Waals surface area (Å²) in [7, 11) is 2.20. The minimum atomic E-state index is 0. The maximum Gasteiger partial charge on any atom is 0.191 e. The predicted molar refractivity (Wildman–Crippen MR) is 137 cm³/mol. The zero-order chi connectivity index (χ0) is 20.8. The Balaban J connectivity index is 0.00000784. The zero-order valence-electron chi connectivity index (χ0n) is 19.9. The van der Waals surface area contributed by atoms with E-state index in [0.29, 0.717) is 18.0 Å². The van der Waals surface area contributed by atoms with E-state index >= 15 is 0 Å². The molecule has 1 rings (SSSR count). The third kappa shape index (κ3) is 11.7. The summed E-state index contributed by atoms with van der Waals surface area (Å²) >= 11 is 0. The summed E-state index contributed by atoms with van der Waals surface area (Å²) < 4.78 is 5.56. The van der Waals surface area contributed by atoms with Crippen molar-refractivity contribution in [2.24, 2.45) is 10.9 Å². The first kappa shape index (κ1) is 28.9. The molecule has 1 heterocycles. The molecule has 174 valence electrons. The molecule has 7 heteroatoms. The lowest BCUT2D eigenvalue weighted by Gasteiger charge is -2.38. The van der Waals surface area contributed by atoms with Crippen LogP contribution in [0, 0.1) is 5.92 Å². The van der Waals surface area contributed by atoms with E-state index in [9.17, 15) is 0 Å². The van der Waals surface area contributed by atoms with Gasteiger partial charge in [0, 0.05) is 38.3 Å². The fourth-order valence-corrected chi connectivity index (χ4v) is 3.78. The Morgan fingerprint density at radius 3 is 2.28 bits per heavy atom. The second kappa shape index (κ2) is 17.5. The van der Waals surface area contributed by atoms with Crippen molar-refractivity contribution in [3.63, 3.8) is 0 Å². The summed E-state index contributed by atoms with van der Waals surface area (Å²) in [5.41, 5.74) is 0. The normalized spacial score (nSPS) is 16.9. The molecule has 0 aliphatic carbocycles. The van der Waals surface area contributed by atoms with E-state index in [1.165, 1.54) is 25.7 Å². The molecule has 0 amide bonds. The fraction of sp³-hybridized carbons (Fsp3) is 0.955. The number of halogens is 1. The molecule has 0 aromatic heterocycles. The van der Waals surface area contributed by atoms with Gasteiger partial charge in [0.05, 0.1) is 19.8 Å². The number of nitrogens with one attached hydrogen (secondary N) is 2. The minimum absolute atomic E-state index is 0. The van der Waals surface area contributed by atoms with Gasteiger partial charge in [-0.05, 0) is 53.1 Å². The van der Waals surface area contributed by atoms with Crippen molar-refractivity contribution in [1.82, 2.24) is 20.4 Å². The Labute approximate surface area is 197 Å². The number of guanidine groups is 1. The van der Waals surface area contributed by atoms with E-state index in [1.807, 2.05) is 0 Å². The van der Waals surface area contributed by atoms with E-state index < -0.39 is 0 Å². The molecular formula is C22H48IN5O. The number of nitrogens with zero attached hydrogens (tertiary/aromatic N) is 3. The number of unbranched alkanes of at least 4 members (excludes halogenated alkanes) is 1. The van der Waals surface area contributed by atoms with Gasteiger partial charge >= 0.3 is 0 Å². The van der Waals surface area contributed by atoms with Gasteiger partial charge in [-0.2, -0.15) is 0 Å². The van der Waals surface area contributed by atoms with Crippen LogP contribution < -0.4 is 10.6 Å². The van der Waals surface area contributed by atoms with Gasteiger partial charge in [0.2, 0.25) is 0 Å². The van der Waals surface area contributed by atoms with Crippen molar-refractivity contribution in [2.45, 2.75) is 72.4 Å². The Hall–Kier alpha value is -0.120. The molecule has 1 aliphatic rings. The van der Waals surface area contributed by atoms with Crippen LogP contribution in [0.15, 0.2) is 4.99 Å². The maximum absolute atomic E-state index is 5.56. The molecule has 1 atom stereocenters. The van der Waals surface area contributed by atoms with Gasteiger partial charge in [0.25, 0.3) is 0 Å². The average molecular weight is 526 g/mol. The summed E-state index contributed by atoms with van der Waals surface area (Å²) in [5, 5.41) is 6.95. The molecule has 2 N–H and O–H groups in total. The SMILES string of the molecule is CCNC(=NCC(C(CC)CC)N1CCOCC1)NCCCCN(C)C(C)C.I. The van der Waals surface area contributed by atoms with E-state index in [2.05, 4.69) is 62.1 Å². The number of morpholine rings is 1. The monoisotopic (exact) mass is 525 g/mol. The topological polar surface area (TPSA) is 52.1 Å². The molecule has 1 saturated heterocycles. The van der Waals surface area contributed by atoms with Crippen LogP contribution in [-0.4, -0.2) is 87.4 Å². The molecule has 1 fully saturated rings. The van der Waals surface area contributed by atoms with Crippen LogP contribution in [0.25, 0.3) is 0 Å². The van der Waals surface area contributed by atoms with Crippen molar-refractivity contribution in [3.05, 3.63) is 0 Å². The average Bonchev–Trinajstić information content (AvgIpc) is 2.71. The maximum atomic E-state index is 5.56. The van der Waals surface area contributed by atoms with Crippen molar-refractivity contribution in [3.8, 4) is 0 Å². The zero-order valence-corrected chi connectivity index (χ0v) is 22.2. The fourth-order valence-electron chi connectivity index (χ4n) is 3.78. The van der Waals surface area contributed by atoms with E-state index in [0.717, 1.165) is 58.4 Å². The van der Waals surface area contributed by atoms with Gasteiger partial charge in [-0.3, -0.25) is 9.89 Å². The molecule has 0 spiro atoms. The molecule has 0 aromatic rings. The predicted octanol–water partition coefficient (Wildman–Crippen LogP) is 3.42. The quantitative estimate of drug-likeness (QED) is 0.167. The number of hydrogen-bond acceptors (Lipinski definition) is 4. The Morgan fingerprint density at radius 2 is 1.72 bits per heavy atom. The highest BCUT2D eigenvalue weighted by molar-refractivity contribution is 14.0. The van der Waals surface area contributed by atoms with E-state index in [-0.39, 0.29) is 24.0 Å². The summed E-state index contributed by atoms with van der Waals surface area (Å²) in [4.78, 5) is 9.97. The standard InChI is InChI=1S/C22H47N5O.HI/c1-7-20(8-2)21(27-14-16-28-17-15-27)18-25-22(23-9-3)24-12-10-11-13-26(6)19(4)5;/h19-21H,7-18H2,1-6H3,(H2,23,24,25);1H. The third-order valence-electron chi connectivity index (χ3n) is 6.00. The Morgan fingerprint density at radius 1 is 1.07 bits per heavy atom. The van der Waals surface area contributed by atoms with Gasteiger partial charge in [-0.25, -0.2) is 0 Å². The summed E-state index contributed by atoms with van der Waals surface area (Å²) in [6.45, 7) is 18.9. The van der Waals surface area contributed by atoms with Crippen LogP contribution in [0.1, 0.15) is 60.3 Å². The van der Waals surface area contributed by atoms with E-state index in [1.54, 1.807) is 0 Å². The lowest BCUT2D eigenvalue weighted by atomic mass is 9.92. The molecule has 1 aliphatic heterocycles. The van der Waals surface area contributed by atoms with Crippen molar-refractivity contribution >= 4 is 29.9 Å². The highest BCUT2D eigenvalue weighted by Gasteiger charge is 2.26. The van der Waals surface area contributed by atoms with Gasteiger partial charge in [-0.15, -0.1) is 24.0 Å². The van der Waals surface area contributed by atoms with Crippen molar-refractivity contribution < 1.29 is 4.74 Å². The Bertz CT molecular complexity index is 412. The largest absolute Gasteiger partial charge is 0.379 e. The smallest absolute Gasteiger partial charge is 0.191 e. The summed E-state index contributed by atoms with van der Waals surface area (Å²) in [5.74, 6) is 1.65. The first-order chi connectivity index (χ1) is 13.5. The van der Waals surface area contributed by atoms with Crippen molar-refractivity contribution in [2.75, 3.05) is 59.5 Å². The summed E-state index contributed by atoms with van der Waals surface area (Å²) in [6.07, 6.45) is 4.80. The van der Waals surface area contributed by atoms with E-state index in [4.69, 9.17) is 9.73 Å². The van der Waals surface area contributed by atoms with Gasteiger partial charge in [0.1, 0.15) is 0 Å². The van der Waals surface area contributed by atoms with Crippen LogP contribution in [0.4, 0.5) is 0 Å². The lowest BCUT2D eigenvalue weighted by molar-refractivity contribution is 0.00395. The molecular weight excluding hydrogens is 477 g/mol. The number of aliphatic imine (C=N–C) groups is 1. The molecule has 0 saturated carbocycles. The summed E-state index contributed by atoms with van der Waals surface area (Å²) in [6, 6.07) is 1.13. The van der Waals surface area contributed by atoms with Gasteiger partial charge in [0.15, 0.2) is 5.96 Å². The van der Waals surface area contributed by atoms with Crippen LogP contribution in [0.2, 0.25) is 0 Å². The first-order valence-corrected chi connectivity index (χ1v) is 11.6. The molecule has 1 unspecified atom stereocenters. The number of hydrogen-bond donors (Lipinski definition) is 2. The van der Waals surface area contributed by atoms with Crippen LogP contribution >= 0.6 is 24.0 Å². The van der Waals surface area contributed by atoms with Gasteiger partial charge in [-0.1, -0.05) is 26.7 Å². The minimum Gasteiger partial charge on any atom is -0.379 e. The molecule has 0 aromatic carbocycles. The molecule has 6 nitrogen and oxygen atoms in total. The third-order valence-corrected chi connectivity index (χ3v) is 6.00. The highest BCUT2D eigenvalue weighted by atomic mass is 127. The second-order valence-corrected chi connectivity index (χ2v) is 8.22. The lowest BCUT2D eigenvalue weighted by Crippen LogP contribution is -2.49. The van der Waals surface area contributed by atoms with Crippen LogP contribution in [0.3, 0.4) is 0 Å². The number of ether oxygens (including phenoxy) is 1. The molecule has 29 heavy (non-hydrogen) atoms. The van der Waals surface area contributed by atoms with Crippen molar-refractivity contribution in [1.29, 1.82) is 0 Å². The molecule has 0 radical (unpaired) electrons. The molecule has 0 bridgehead atoms. The van der Waals surface area contributed by atoms with Crippen LogP contribution in [0.5, 0.6) is 0 Å². The first-order valence-electron chi connectivity index (χ1n) is 11.6. The van der Waals surface area contributed by atoms with Crippen LogP contribution in [-0.2, 0) is 4.74 Å². The number of rotatable bonds is 13. The second-order valence-electron chi connectivity index (χ2n) is 8.22. The van der Waals surface area contributed by atoms with Gasteiger partial charge < -0.3 is 20.3 Å². The highest BCUT2D eigenvalue weighted by Crippen LogP contribution is 2.20.